The molecule has 0 amide bonds. The zero-order valence-corrected chi connectivity index (χ0v) is 17.8. The first-order chi connectivity index (χ1) is 12.5. The minimum absolute atomic E-state index is 0. The second-order valence-electron chi connectivity index (χ2n) is 7.04. The molecule has 0 aromatic carbocycles. The number of thiophene rings is 2. The lowest BCUT2D eigenvalue weighted by atomic mass is 10.1. The SMILES string of the molecule is CC(C)(C)Nc1c(-c2ccc(C#Cc3ccsc3)s2)nc2ccccn12.Cl. The first-order valence-electron chi connectivity index (χ1n) is 8.39. The van der Waals surface area contributed by atoms with Crippen LogP contribution in [0.2, 0.25) is 0 Å². The molecule has 0 aliphatic heterocycles. The monoisotopic (exact) mass is 413 g/mol. The minimum Gasteiger partial charge on any atom is -0.365 e. The summed E-state index contributed by atoms with van der Waals surface area (Å²) in [6, 6.07) is 12.3. The zero-order valence-electron chi connectivity index (χ0n) is 15.3. The quantitative estimate of drug-likeness (QED) is 0.399. The largest absolute Gasteiger partial charge is 0.365 e. The van der Waals surface area contributed by atoms with Gasteiger partial charge in [-0.2, -0.15) is 11.3 Å². The van der Waals surface area contributed by atoms with E-state index in [4.69, 9.17) is 4.98 Å². The maximum Gasteiger partial charge on any atom is 0.140 e. The van der Waals surface area contributed by atoms with Gasteiger partial charge in [-0.05, 0) is 56.5 Å². The molecule has 0 fully saturated rings. The average molecular weight is 414 g/mol. The number of fused-ring (bicyclic) bond motifs is 1. The first-order valence-corrected chi connectivity index (χ1v) is 10.2. The van der Waals surface area contributed by atoms with Crippen LogP contribution in [0.3, 0.4) is 0 Å². The Morgan fingerprint density at radius 3 is 2.67 bits per heavy atom. The lowest BCUT2D eigenvalue weighted by Gasteiger charge is -2.22. The van der Waals surface area contributed by atoms with Gasteiger partial charge in [0.15, 0.2) is 0 Å². The third-order valence-corrected chi connectivity index (χ3v) is 5.40. The number of hydrogen-bond acceptors (Lipinski definition) is 4. The third-order valence-electron chi connectivity index (χ3n) is 3.71. The highest BCUT2D eigenvalue weighted by atomic mass is 35.5. The van der Waals surface area contributed by atoms with Gasteiger partial charge in [0.2, 0.25) is 0 Å². The maximum atomic E-state index is 4.85. The van der Waals surface area contributed by atoms with Gasteiger partial charge in [-0.3, -0.25) is 4.40 Å². The second kappa shape index (κ2) is 7.77. The number of halogens is 1. The number of imidazole rings is 1. The molecule has 0 radical (unpaired) electrons. The highest BCUT2D eigenvalue weighted by molar-refractivity contribution is 7.16. The molecule has 0 saturated heterocycles. The molecule has 6 heteroatoms. The topological polar surface area (TPSA) is 29.3 Å². The Kier molecular flexibility index (Phi) is 5.61. The number of hydrogen-bond donors (Lipinski definition) is 1. The maximum absolute atomic E-state index is 4.85. The van der Waals surface area contributed by atoms with Crippen LogP contribution in [0, 0.1) is 11.8 Å². The number of rotatable bonds is 2. The summed E-state index contributed by atoms with van der Waals surface area (Å²) >= 11 is 3.34. The van der Waals surface area contributed by atoms with Crippen LogP contribution < -0.4 is 5.32 Å². The van der Waals surface area contributed by atoms with Crippen LogP contribution in [0.5, 0.6) is 0 Å². The van der Waals surface area contributed by atoms with Gasteiger partial charge < -0.3 is 5.32 Å². The van der Waals surface area contributed by atoms with Crippen LogP contribution in [0.25, 0.3) is 16.2 Å². The molecule has 3 nitrogen and oxygen atoms in total. The van der Waals surface area contributed by atoms with Crippen LogP contribution >= 0.6 is 35.1 Å². The molecule has 4 rings (SSSR count). The molecule has 4 heterocycles. The summed E-state index contributed by atoms with van der Waals surface area (Å²) in [6.45, 7) is 6.47. The predicted octanol–water partition coefficient (Wildman–Crippen LogP) is 6.16. The number of pyridine rings is 1. The fourth-order valence-corrected chi connectivity index (χ4v) is 4.08. The molecule has 0 saturated carbocycles. The molecule has 0 bridgehead atoms. The van der Waals surface area contributed by atoms with Crippen LogP contribution in [-0.4, -0.2) is 14.9 Å². The molecule has 0 aliphatic carbocycles. The summed E-state index contributed by atoms with van der Waals surface area (Å²) in [7, 11) is 0. The summed E-state index contributed by atoms with van der Waals surface area (Å²) in [5.74, 6) is 7.49. The molecule has 0 atom stereocenters. The third kappa shape index (κ3) is 4.36. The van der Waals surface area contributed by atoms with Crippen molar-refractivity contribution in [2.45, 2.75) is 26.3 Å². The van der Waals surface area contributed by atoms with Crippen molar-refractivity contribution >= 4 is 46.5 Å². The Bertz CT molecular complexity index is 1110. The molecule has 1 N–H and O–H groups in total. The average Bonchev–Trinajstić information content (AvgIpc) is 3.32. The molecule has 0 spiro atoms. The van der Waals surface area contributed by atoms with Crippen LogP contribution in [-0.2, 0) is 0 Å². The van der Waals surface area contributed by atoms with E-state index in [0.29, 0.717) is 0 Å². The standard InChI is InChI=1S/C21H19N3S2.ClH/c1-21(2,3)23-20-19(22-18-6-4-5-12-24(18)20)17-10-9-16(26-17)8-7-15-11-13-25-14-15;/h4-6,9-14,23H,1-3H3;1H. The Hall–Kier alpha value is -2.26. The lowest BCUT2D eigenvalue weighted by Crippen LogP contribution is -2.27. The molecule has 0 aliphatic rings. The number of nitrogens with one attached hydrogen (secondary N) is 1. The van der Waals surface area contributed by atoms with Crippen LogP contribution in [0.4, 0.5) is 5.82 Å². The Balaban J connectivity index is 0.00000210. The minimum atomic E-state index is -0.0562. The molecule has 138 valence electrons. The van der Waals surface area contributed by atoms with Crippen LogP contribution in [0.15, 0.2) is 53.4 Å². The Labute approximate surface area is 173 Å². The van der Waals surface area contributed by atoms with Crippen molar-refractivity contribution in [3.63, 3.8) is 0 Å². The van der Waals surface area contributed by atoms with Crippen molar-refractivity contribution in [3.8, 4) is 22.4 Å². The number of nitrogens with zero attached hydrogens (tertiary/aromatic N) is 2. The van der Waals surface area contributed by atoms with E-state index in [-0.39, 0.29) is 17.9 Å². The number of anilines is 1. The molecule has 4 aromatic rings. The van der Waals surface area contributed by atoms with Crippen molar-refractivity contribution in [2.24, 2.45) is 0 Å². The normalized spacial score (nSPS) is 10.9. The van der Waals surface area contributed by atoms with Crippen molar-refractivity contribution in [3.05, 3.63) is 63.8 Å². The van der Waals surface area contributed by atoms with E-state index in [1.165, 1.54) is 0 Å². The van der Waals surface area contributed by atoms with Gasteiger partial charge in [0.05, 0.1) is 9.75 Å². The Morgan fingerprint density at radius 2 is 1.93 bits per heavy atom. The van der Waals surface area contributed by atoms with E-state index in [1.54, 1.807) is 22.7 Å². The van der Waals surface area contributed by atoms with E-state index >= 15 is 0 Å². The first kappa shape index (κ1) is 19.5. The van der Waals surface area contributed by atoms with Gasteiger partial charge in [0, 0.05) is 22.7 Å². The molecular formula is C21H20ClN3S2. The van der Waals surface area contributed by atoms with Gasteiger partial charge in [-0.25, -0.2) is 4.98 Å². The second-order valence-corrected chi connectivity index (χ2v) is 8.90. The fraction of sp³-hybridized carbons (Fsp3) is 0.190. The van der Waals surface area contributed by atoms with Gasteiger partial charge in [0.25, 0.3) is 0 Å². The Morgan fingerprint density at radius 1 is 1.07 bits per heavy atom. The smallest absolute Gasteiger partial charge is 0.140 e. The molecule has 4 aromatic heterocycles. The molecule has 0 unspecified atom stereocenters. The summed E-state index contributed by atoms with van der Waals surface area (Å²) in [6.07, 6.45) is 2.05. The summed E-state index contributed by atoms with van der Waals surface area (Å²) in [5.41, 5.74) is 2.92. The van der Waals surface area contributed by atoms with Crippen molar-refractivity contribution in [1.29, 1.82) is 0 Å². The summed E-state index contributed by atoms with van der Waals surface area (Å²) < 4.78 is 2.11. The van der Waals surface area contributed by atoms with E-state index in [1.807, 2.05) is 35.8 Å². The zero-order chi connectivity index (χ0) is 18.1. The molecule has 27 heavy (non-hydrogen) atoms. The van der Waals surface area contributed by atoms with Gasteiger partial charge in [-0.15, -0.1) is 23.7 Å². The van der Waals surface area contributed by atoms with E-state index in [2.05, 4.69) is 59.8 Å². The van der Waals surface area contributed by atoms with E-state index < -0.39 is 0 Å². The van der Waals surface area contributed by atoms with E-state index in [9.17, 15) is 0 Å². The van der Waals surface area contributed by atoms with Gasteiger partial charge >= 0.3 is 0 Å². The highest BCUT2D eigenvalue weighted by Gasteiger charge is 2.20. The predicted molar refractivity (Wildman–Crippen MR) is 119 cm³/mol. The molecular weight excluding hydrogens is 394 g/mol. The van der Waals surface area contributed by atoms with Crippen molar-refractivity contribution < 1.29 is 0 Å². The summed E-state index contributed by atoms with van der Waals surface area (Å²) in [4.78, 5) is 7.02. The van der Waals surface area contributed by atoms with Crippen molar-refractivity contribution in [1.82, 2.24) is 9.38 Å². The van der Waals surface area contributed by atoms with Crippen molar-refractivity contribution in [2.75, 3.05) is 5.32 Å². The fourth-order valence-electron chi connectivity index (χ4n) is 2.64. The highest BCUT2D eigenvalue weighted by Crippen LogP contribution is 2.35. The lowest BCUT2D eigenvalue weighted by molar-refractivity contribution is 0.630. The van der Waals surface area contributed by atoms with Crippen LogP contribution in [0.1, 0.15) is 31.2 Å². The van der Waals surface area contributed by atoms with E-state index in [0.717, 1.165) is 32.5 Å². The number of aromatic nitrogens is 2. The van der Waals surface area contributed by atoms with Gasteiger partial charge in [-0.1, -0.05) is 17.9 Å². The van der Waals surface area contributed by atoms with Gasteiger partial charge in [0.1, 0.15) is 17.2 Å². The summed E-state index contributed by atoms with van der Waals surface area (Å²) in [5, 5.41) is 7.72.